The standard InChI is InChI=1S/C8H9F5N2/c1-5-6(2-3-15(5)4-14)7(9,10)8(11,12)13/h5-6H,2-3H2,1H3. The highest BCUT2D eigenvalue weighted by Crippen LogP contribution is 2.46. The summed E-state index contributed by atoms with van der Waals surface area (Å²) in [5.41, 5.74) is 0. The summed E-state index contributed by atoms with van der Waals surface area (Å²) in [6.07, 6.45) is -4.26. The van der Waals surface area contributed by atoms with Crippen LogP contribution in [0.25, 0.3) is 0 Å². The van der Waals surface area contributed by atoms with Crippen LogP contribution < -0.4 is 0 Å². The lowest BCUT2D eigenvalue weighted by atomic mass is 9.93. The fourth-order valence-electron chi connectivity index (χ4n) is 1.78. The molecule has 1 fully saturated rings. The molecule has 0 spiro atoms. The number of hydrogen-bond acceptors (Lipinski definition) is 2. The lowest BCUT2D eigenvalue weighted by Gasteiger charge is -2.29. The van der Waals surface area contributed by atoms with Gasteiger partial charge in [-0.2, -0.15) is 27.2 Å². The number of hydrogen-bond donors (Lipinski definition) is 0. The number of rotatable bonds is 1. The van der Waals surface area contributed by atoms with E-state index in [9.17, 15) is 22.0 Å². The molecule has 0 aromatic rings. The van der Waals surface area contributed by atoms with Crippen LogP contribution in [0.15, 0.2) is 0 Å². The van der Waals surface area contributed by atoms with Gasteiger partial charge in [-0.1, -0.05) is 0 Å². The third-order valence-electron chi connectivity index (χ3n) is 2.73. The number of likely N-dealkylation sites (tertiary alicyclic amines) is 1. The van der Waals surface area contributed by atoms with Crippen LogP contribution in [0.5, 0.6) is 0 Å². The van der Waals surface area contributed by atoms with Gasteiger partial charge in [0.25, 0.3) is 0 Å². The normalized spacial score (nSPS) is 27.9. The highest BCUT2D eigenvalue weighted by Gasteiger charge is 2.64. The van der Waals surface area contributed by atoms with E-state index in [4.69, 9.17) is 5.26 Å². The van der Waals surface area contributed by atoms with Gasteiger partial charge in [0.2, 0.25) is 0 Å². The van der Waals surface area contributed by atoms with Crippen molar-refractivity contribution in [3.8, 4) is 6.19 Å². The first-order valence-corrected chi connectivity index (χ1v) is 4.32. The molecule has 0 radical (unpaired) electrons. The second-order valence-corrected chi connectivity index (χ2v) is 3.55. The van der Waals surface area contributed by atoms with Gasteiger partial charge in [0.05, 0.1) is 5.92 Å². The summed E-state index contributed by atoms with van der Waals surface area (Å²) in [6.45, 7) is 1.16. The first kappa shape index (κ1) is 12.0. The fourth-order valence-corrected chi connectivity index (χ4v) is 1.78. The smallest absolute Gasteiger partial charge is 0.307 e. The van der Waals surface area contributed by atoms with Gasteiger partial charge in [-0.3, -0.25) is 0 Å². The monoisotopic (exact) mass is 228 g/mol. The van der Waals surface area contributed by atoms with Crippen LogP contribution in [0.4, 0.5) is 22.0 Å². The zero-order chi connectivity index (χ0) is 11.9. The average Bonchev–Trinajstić information content (AvgIpc) is 2.44. The summed E-state index contributed by atoms with van der Waals surface area (Å²) < 4.78 is 62.0. The maximum atomic E-state index is 12.9. The van der Waals surface area contributed by atoms with Crippen LogP contribution in [-0.4, -0.2) is 29.6 Å². The third-order valence-corrected chi connectivity index (χ3v) is 2.73. The molecular formula is C8H9F5N2. The molecule has 2 nitrogen and oxygen atoms in total. The van der Waals surface area contributed by atoms with Gasteiger partial charge < -0.3 is 4.90 Å². The van der Waals surface area contributed by atoms with E-state index >= 15 is 0 Å². The van der Waals surface area contributed by atoms with Gasteiger partial charge in [-0.05, 0) is 13.3 Å². The predicted octanol–water partition coefficient (Wildman–Crippen LogP) is 2.38. The Morgan fingerprint density at radius 2 is 1.80 bits per heavy atom. The fraction of sp³-hybridized carbons (Fsp3) is 0.875. The molecule has 15 heavy (non-hydrogen) atoms. The van der Waals surface area contributed by atoms with Gasteiger partial charge in [0, 0.05) is 12.6 Å². The first-order chi connectivity index (χ1) is 6.71. The predicted molar refractivity (Wildman–Crippen MR) is 40.9 cm³/mol. The van der Waals surface area contributed by atoms with E-state index in [2.05, 4.69) is 0 Å². The Bertz CT molecular complexity index is 280. The van der Waals surface area contributed by atoms with Gasteiger partial charge in [-0.15, -0.1) is 0 Å². The van der Waals surface area contributed by atoms with E-state index in [0.717, 1.165) is 4.90 Å². The van der Waals surface area contributed by atoms with Crippen LogP contribution >= 0.6 is 0 Å². The van der Waals surface area contributed by atoms with Crippen molar-refractivity contribution in [2.75, 3.05) is 6.54 Å². The Morgan fingerprint density at radius 1 is 1.27 bits per heavy atom. The molecular weight excluding hydrogens is 219 g/mol. The minimum absolute atomic E-state index is 0.0476. The van der Waals surface area contributed by atoms with Crippen molar-refractivity contribution in [3.05, 3.63) is 0 Å². The van der Waals surface area contributed by atoms with Gasteiger partial charge >= 0.3 is 12.1 Å². The number of halogens is 5. The minimum Gasteiger partial charge on any atom is -0.307 e. The van der Waals surface area contributed by atoms with E-state index in [1.807, 2.05) is 0 Å². The van der Waals surface area contributed by atoms with Crippen LogP contribution in [0.3, 0.4) is 0 Å². The lowest BCUT2D eigenvalue weighted by molar-refractivity contribution is -0.303. The number of alkyl halides is 5. The van der Waals surface area contributed by atoms with Crippen molar-refractivity contribution in [1.29, 1.82) is 5.26 Å². The molecule has 1 rings (SSSR count). The second-order valence-electron chi connectivity index (χ2n) is 3.55. The van der Waals surface area contributed by atoms with Crippen molar-refractivity contribution in [3.63, 3.8) is 0 Å². The summed E-state index contributed by atoms with van der Waals surface area (Å²) in [6, 6.07) is -1.08. The summed E-state index contributed by atoms with van der Waals surface area (Å²) >= 11 is 0. The SMILES string of the molecule is CC1C(C(F)(F)C(F)(F)F)CCN1C#N. The Hall–Kier alpha value is -1.06. The lowest BCUT2D eigenvalue weighted by Crippen LogP contribution is -2.47. The molecule has 1 heterocycles. The van der Waals surface area contributed by atoms with Crippen LogP contribution in [0.2, 0.25) is 0 Å². The van der Waals surface area contributed by atoms with Crippen LogP contribution in [0.1, 0.15) is 13.3 Å². The zero-order valence-electron chi connectivity index (χ0n) is 7.85. The quantitative estimate of drug-likeness (QED) is 0.509. The van der Waals surface area contributed by atoms with Crippen molar-refractivity contribution in [1.82, 2.24) is 4.90 Å². The van der Waals surface area contributed by atoms with Crippen molar-refractivity contribution >= 4 is 0 Å². The molecule has 0 aromatic heterocycles. The molecule has 0 N–H and O–H groups in total. The Labute approximate surface area is 83.3 Å². The molecule has 2 unspecified atom stereocenters. The number of nitriles is 1. The topological polar surface area (TPSA) is 27.0 Å². The van der Waals surface area contributed by atoms with Crippen LogP contribution in [0, 0.1) is 17.4 Å². The average molecular weight is 228 g/mol. The molecule has 1 aliphatic rings. The van der Waals surface area contributed by atoms with Crippen molar-refractivity contribution in [2.24, 2.45) is 5.92 Å². The highest BCUT2D eigenvalue weighted by atomic mass is 19.4. The van der Waals surface area contributed by atoms with Gasteiger partial charge in [0.1, 0.15) is 0 Å². The molecule has 1 aliphatic heterocycles. The highest BCUT2D eigenvalue weighted by molar-refractivity contribution is 4.99. The number of nitrogens with zero attached hydrogens (tertiary/aromatic N) is 2. The van der Waals surface area contributed by atoms with E-state index in [0.29, 0.717) is 0 Å². The Balaban J connectivity index is 2.88. The van der Waals surface area contributed by atoms with E-state index < -0.39 is 24.1 Å². The Kier molecular flexibility index (Phi) is 2.81. The maximum absolute atomic E-state index is 12.9. The van der Waals surface area contributed by atoms with Crippen LogP contribution in [-0.2, 0) is 0 Å². The summed E-state index contributed by atoms with van der Waals surface area (Å²) in [4.78, 5) is 0.949. The second kappa shape index (κ2) is 3.51. The molecule has 0 aliphatic carbocycles. The maximum Gasteiger partial charge on any atom is 0.453 e. The van der Waals surface area contributed by atoms with E-state index in [1.54, 1.807) is 6.19 Å². The van der Waals surface area contributed by atoms with Crippen molar-refractivity contribution in [2.45, 2.75) is 31.5 Å². The summed E-state index contributed by atoms with van der Waals surface area (Å²) in [5.74, 6) is -6.56. The molecule has 86 valence electrons. The van der Waals surface area contributed by atoms with E-state index in [-0.39, 0.29) is 13.0 Å². The molecule has 0 amide bonds. The molecule has 1 saturated heterocycles. The minimum atomic E-state index is -5.54. The molecule has 0 saturated carbocycles. The summed E-state index contributed by atoms with van der Waals surface area (Å²) in [7, 11) is 0. The molecule has 7 heteroatoms. The van der Waals surface area contributed by atoms with Gasteiger partial charge in [0.15, 0.2) is 6.19 Å². The Morgan fingerprint density at radius 3 is 2.13 bits per heavy atom. The molecule has 0 bridgehead atoms. The molecule has 0 aromatic carbocycles. The third kappa shape index (κ3) is 1.85. The van der Waals surface area contributed by atoms with Crippen molar-refractivity contribution < 1.29 is 22.0 Å². The summed E-state index contributed by atoms with van der Waals surface area (Å²) in [5, 5.41) is 8.47. The first-order valence-electron chi connectivity index (χ1n) is 4.32. The molecule has 2 atom stereocenters. The van der Waals surface area contributed by atoms with Gasteiger partial charge in [-0.25, -0.2) is 0 Å². The largest absolute Gasteiger partial charge is 0.453 e. The van der Waals surface area contributed by atoms with E-state index in [1.165, 1.54) is 6.92 Å². The zero-order valence-corrected chi connectivity index (χ0v) is 7.85.